The predicted molar refractivity (Wildman–Crippen MR) is 99.6 cm³/mol. The molecule has 0 amide bonds. The molecule has 1 unspecified atom stereocenters. The van der Waals surface area contributed by atoms with Crippen LogP contribution in [0, 0.1) is 17.3 Å². The van der Waals surface area contributed by atoms with E-state index in [9.17, 15) is 10.2 Å². The van der Waals surface area contributed by atoms with Crippen LogP contribution in [0.3, 0.4) is 0 Å². The molecule has 0 saturated heterocycles. The Balaban J connectivity index is 1.76. The highest BCUT2D eigenvalue weighted by Crippen LogP contribution is 2.58. The van der Waals surface area contributed by atoms with E-state index in [0.29, 0.717) is 23.8 Å². The average Bonchev–Trinajstić information content (AvgIpc) is 2.88. The van der Waals surface area contributed by atoms with Gasteiger partial charge in [-0.25, -0.2) is 0 Å². The fourth-order valence-corrected chi connectivity index (χ4v) is 5.59. The fourth-order valence-electron chi connectivity index (χ4n) is 5.59. The Morgan fingerprint density at radius 2 is 1.88 bits per heavy atom. The second kappa shape index (κ2) is 7.17. The highest BCUT2D eigenvalue weighted by Gasteiger charge is 2.48. The van der Waals surface area contributed by atoms with Gasteiger partial charge in [-0.3, -0.25) is 0 Å². The third-order valence-corrected chi connectivity index (χ3v) is 7.10. The van der Waals surface area contributed by atoms with Gasteiger partial charge in [0.15, 0.2) is 0 Å². The summed E-state index contributed by atoms with van der Waals surface area (Å²) in [5.74, 6) is 1.64. The van der Waals surface area contributed by atoms with E-state index in [1.807, 2.05) is 0 Å². The minimum atomic E-state index is -0.588. The van der Waals surface area contributed by atoms with E-state index >= 15 is 0 Å². The zero-order valence-corrected chi connectivity index (χ0v) is 15.4. The largest absolute Gasteiger partial charge is 0.388 e. The lowest BCUT2D eigenvalue weighted by Gasteiger charge is -2.42. The molecule has 0 radical (unpaired) electrons. The predicted octanol–water partition coefficient (Wildman–Crippen LogP) is 4.93. The molecule has 3 fully saturated rings. The summed E-state index contributed by atoms with van der Waals surface area (Å²) < 4.78 is 0. The lowest BCUT2D eigenvalue weighted by atomic mass is 9.63. The summed E-state index contributed by atoms with van der Waals surface area (Å²) in [4.78, 5) is 0. The molecule has 3 saturated carbocycles. The molecule has 3 aliphatic carbocycles. The highest BCUT2D eigenvalue weighted by atomic mass is 16.3. The van der Waals surface area contributed by atoms with E-state index in [1.54, 1.807) is 5.57 Å². The molecule has 0 aromatic carbocycles. The van der Waals surface area contributed by atoms with Crippen molar-refractivity contribution in [3.05, 3.63) is 35.5 Å². The van der Waals surface area contributed by atoms with Gasteiger partial charge in [0.25, 0.3) is 0 Å². The van der Waals surface area contributed by atoms with Crippen LogP contribution in [-0.2, 0) is 0 Å². The van der Waals surface area contributed by atoms with Crippen molar-refractivity contribution in [1.82, 2.24) is 0 Å². The monoisotopic (exact) mass is 330 g/mol. The number of aliphatic hydroxyl groups is 2. The van der Waals surface area contributed by atoms with Gasteiger partial charge >= 0.3 is 0 Å². The normalized spacial score (nSPS) is 41.6. The summed E-state index contributed by atoms with van der Waals surface area (Å²) in [6.45, 7) is 8.64. The zero-order valence-electron chi connectivity index (χ0n) is 15.4. The van der Waals surface area contributed by atoms with Crippen LogP contribution >= 0.6 is 0 Å². The Morgan fingerprint density at radius 1 is 1.17 bits per heavy atom. The van der Waals surface area contributed by atoms with E-state index in [2.05, 4.69) is 32.6 Å². The number of rotatable bonds is 3. The maximum absolute atomic E-state index is 10.0. The maximum atomic E-state index is 10.0. The fraction of sp³-hybridized carbons (Fsp3) is 0.727. The van der Waals surface area contributed by atoms with Gasteiger partial charge < -0.3 is 10.2 Å². The maximum Gasteiger partial charge on any atom is 0.0809 e. The highest BCUT2D eigenvalue weighted by molar-refractivity contribution is 5.29. The van der Waals surface area contributed by atoms with E-state index in [4.69, 9.17) is 0 Å². The third kappa shape index (κ3) is 3.28. The summed E-state index contributed by atoms with van der Waals surface area (Å²) in [5.41, 5.74) is 3.84. The van der Waals surface area contributed by atoms with Crippen molar-refractivity contribution in [1.29, 1.82) is 0 Å². The molecular weight excluding hydrogens is 296 g/mol. The smallest absolute Gasteiger partial charge is 0.0809 e. The van der Waals surface area contributed by atoms with Crippen molar-refractivity contribution in [3.63, 3.8) is 0 Å². The van der Waals surface area contributed by atoms with Gasteiger partial charge in [0.1, 0.15) is 0 Å². The Kier molecular flexibility index (Phi) is 5.36. The number of aliphatic hydroxyl groups excluding tert-OH is 2. The van der Waals surface area contributed by atoms with Crippen LogP contribution in [0.2, 0.25) is 0 Å². The molecule has 0 spiro atoms. The summed E-state index contributed by atoms with van der Waals surface area (Å²) in [6, 6.07) is 0. The van der Waals surface area contributed by atoms with Crippen LogP contribution < -0.4 is 0 Å². The Hall–Kier alpha value is -0.860. The minimum absolute atomic E-state index is 0.498. The number of hydrogen-bond acceptors (Lipinski definition) is 2. The molecule has 0 aromatic heterocycles. The third-order valence-electron chi connectivity index (χ3n) is 7.10. The van der Waals surface area contributed by atoms with Crippen molar-refractivity contribution in [2.75, 3.05) is 0 Å². The van der Waals surface area contributed by atoms with Crippen LogP contribution in [0.25, 0.3) is 0 Å². The van der Waals surface area contributed by atoms with E-state index in [1.165, 1.54) is 44.9 Å². The quantitative estimate of drug-likeness (QED) is 0.721. The summed E-state index contributed by atoms with van der Waals surface area (Å²) in [5, 5.41) is 20.0. The standard InChI is InChI=1S/C22H34O2/c1-4-6-18-10-11-19-17(7-5-12-22(18,19)3)9-8-16-13-20(23)15(2)21(24)14-16/h8-9,18-21,23-24H,2,4-7,10-14H2,1,3H3/t18?,19-,20+,21+,22+/m0/s1. The molecular formula is C22H34O2. The SMILES string of the molecule is C=C1[C@H](O)CC(=CC=C2CCC[C@]3(C)C(CCC)CC[C@@H]23)C[C@H]1O. The number of fused-ring (bicyclic) bond motifs is 1. The Bertz CT molecular complexity index is 528. The molecule has 2 nitrogen and oxygen atoms in total. The van der Waals surface area contributed by atoms with Gasteiger partial charge in [0, 0.05) is 0 Å². The molecule has 24 heavy (non-hydrogen) atoms. The number of allylic oxidation sites excluding steroid dienone is 3. The molecule has 5 atom stereocenters. The first kappa shape index (κ1) is 17.9. The summed E-state index contributed by atoms with van der Waals surface area (Å²) in [6.07, 6.45) is 13.9. The Labute approximate surface area is 147 Å². The van der Waals surface area contributed by atoms with Crippen LogP contribution in [-0.4, -0.2) is 22.4 Å². The second-order valence-electron chi connectivity index (χ2n) is 8.56. The molecule has 2 heteroatoms. The molecule has 3 rings (SSSR count). The van der Waals surface area contributed by atoms with Crippen LogP contribution in [0.15, 0.2) is 35.5 Å². The number of hydrogen-bond donors (Lipinski definition) is 2. The first-order chi connectivity index (χ1) is 11.5. The van der Waals surface area contributed by atoms with Crippen LogP contribution in [0.1, 0.15) is 71.6 Å². The van der Waals surface area contributed by atoms with Gasteiger partial charge in [-0.05, 0) is 67.8 Å². The van der Waals surface area contributed by atoms with Gasteiger partial charge in [-0.1, -0.05) is 56.6 Å². The van der Waals surface area contributed by atoms with Crippen molar-refractivity contribution in [2.45, 2.75) is 83.8 Å². The van der Waals surface area contributed by atoms with Gasteiger partial charge in [-0.15, -0.1) is 0 Å². The first-order valence-corrected chi connectivity index (χ1v) is 9.89. The lowest BCUT2D eigenvalue weighted by Crippen LogP contribution is -2.33. The zero-order chi connectivity index (χ0) is 17.3. The molecule has 0 aromatic rings. The summed E-state index contributed by atoms with van der Waals surface area (Å²) in [7, 11) is 0. The molecule has 2 N–H and O–H groups in total. The molecule has 134 valence electrons. The molecule has 0 bridgehead atoms. The summed E-state index contributed by atoms with van der Waals surface area (Å²) >= 11 is 0. The molecule has 3 aliphatic rings. The van der Waals surface area contributed by atoms with E-state index in [0.717, 1.165) is 17.4 Å². The second-order valence-corrected chi connectivity index (χ2v) is 8.56. The van der Waals surface area contributed by atoms with Crippen molar-refractivity contribution in [2.24, 2.45) is 17.3 Å². The topological polar surface area (TPSA) is 40.5 Å². The van der Waals surface area contributed by atoms with E-state index in [-0.39, 0.29) is 0 Å². The van der Waals surface area contributed by atoms with Crippen molar-refractivity contribution in [3.8, 4) is 0 Å². The van der Waals surface area contributed by atoms with Crippen molar-refractivity contribution >= 4 is 0 Å². The first-order valence-electron chi connectivity index (χ1n) is 9.89. The van der Waals surface area contributed by atoms with Crippen LogP contribution in [0.5, 0.6) is 0 Å². The van der Waals surface area contributed by atoms with Crippen LogP contribution in [0.4, 0.5) is 0 Å². The van der Waals surface area contributed by atoms with Gasteiger partial charge in [0.2, 0.25) is 0 Å². The Morgan fingerprint density at radius 3 is 2.54 bits per heavy atom. The van der Waals surface area contributed by atoms with E-state index < -0.39 is 12.2 Å². The van der Waals surface area contributed by atoms with Crippen molar-refractivity contribution < 1.29 is 10.2 Å². The van der Waals surface area contributed by atoms with Gasteiger partial charge in [-0.2, -0.15) is 0 Å². The molecule has 0 heterocycles. The average molecular weight is 331 g/mol. The molecule has 0 aliphatic heterocycles. The minimum Gasteiger partial charge on any atom is -0.388 e. The lowest BCUT2D eigenvalue weighted by molar-refractivity contribution is 0.123. The van der Waals surface area contributed by atoms with Gasteiger partial charge in [0.05, 0.1) is 12.2 Å².